The number of carbonyl (C=O) groups excluding carboxylic acids is 2. The van der Waals surface area contributed by atoms with Crippen molar-refractivity contribution in [2.24, 2.45) is 7.05 Å². The van der Waals surface area contributed by atoms with Gasteiger partial charge in [0.05, 0.1) is 7.11 Å². The number of rotatable bonds is 6. The van der Waals surface area contributed by atoms with Crippen LogP contribution in [0, 0.1) is 0 Å². The fourth-order valence-electron chi connectivity index (χ4n) is 2.69. The molecule has 1 amide bonds. The predicted octanol–water partition coefficient (Wildman–Crippen LogP) is 2.48. The highest BCUT2D eigenvalue weighted by molar-refractivity contribution is 5.99. The Balaban J connectivity index is 1.91. The maximum Gasteiger partial charge on any atom is 0.268 e. The van der Waals surface area contributed by atoms with Crippen LogP contribution in [0.15, 0.2) is 48.9 Å². The van der Waals surface area contributed by atoms with E-state index < -0.39 is 6.04 Å². The van der Waals surface area contributed by atoms with Gasteiger partial charge in [-0.05, 0) is 30.7 Å². The van der Waals surface area contributed by atoms with Crippen LogP contribution in [0.3, 0.4) is 0 Å². The molecule has 0 saturated heterocycles. The van der Waals surface area contributed by atoms with Gasteiger partial charge in [0.1, 0.15) is 23.3 Å². The molecule has 2 aromatic heterocycles. The maximum absolute atomic E-state index is 12.7. The monoisotopic (exact) mass is 352 g/mol. The number of H-pyrrole nitrogens is 1. The average molecular weight is 352 g/mol. The zero-order valence-corrected chi connectivity index (χ0v) is 14.8. The first kappa shape index (κ1) is 17.5. The quantitative estimate of drug-likeness (QED) is 0.667. The Hall–Kier alpha value is -3.35. The number of ether oxygens (including phenoxy) is 1. The van der Waals surface area contributed by atoms with E-state index in [4.69, 9.17) is 4.74 Å². The zero-order valence-electron chi connectivity index (χ0n) is 14.8. The number of nitrogens with one attached hydrogen (secondary N) is 2. The number of ketones is 1. The molecule has 1 atom stereocenters. The SMILES string of the molecule is COc1ccc(C(NC(=O)c2cc(C(C)=O)c[nH]2)c2nccn2C)cc1. The number of Topliss-reactive ketones (excluding diaryl/α,β-unsaturated/α-hetero) is 1. The summed E-state index contributed by atoms with van der Waals surface area (Å²) in [4.78, 5) is 31.3. The number of imidazole rings is 1. The molecule has 0 radical (unpaired) electrons. The first-order valence-electron chi connectivity index (χ1n) is 8.11. The van der Waals surface area contributed by atoms with Crippen molar-refractivity contribution in [3.8, 4) is 5.75 Å². The number of aryl methyl sites for hydroxylation is 1. The largest absolute Gasteiger partial charge is 0.497 e. The summed E-state index contributed by atoms with van der Waals surface area (Å²) in [6.07, 6.45) is 5.03. The molecule has 3 rings (SSSR count). The highest BCUT2D eigenvalue weighted by atomic mass is 16.5. The summed E-state index contributed by atoms with van der Waals surface area (Å²) < 4.78 is 7.05. The molecule has 1 unspecified atom stereocenters. The third-order valence-corrected chi connectivity index (χ3v) is 4.18. The summed E-state index contributed by atoms with van der Waals surface area (Å²) in [5, 5.41) is 2.98. The van der Waals surface area contributed by atoms with Gasteiger partial charge in [-0.2, -0.15) is 0 Å². The van der Waals surface area contributed by atoms with Crippen LogP contribution in [0.4, 0.5) is 0 Å². The van der Waals surface area contributed by atoms with Crippen LogP contribution in [0.2, 0.25) is 0 Å². The van der Waals surface area contributed by atoms with E-state index in [1.54, 1.807) is 19.4 Å². The molecule has 26 heavy (non-hydrogen) atoms. The molecule has 0 aliphatic rings. The Labute approximate surface area is 151 Å². The topological polar surface area (TPSA) is 89.0 Å². The second-order valence-corrected chi connectivity index (χ2v) is 5.93. The molecule has 0 bridgehead atoms. The summed E-state index contributed by atoms with van der Waals surface area (Å²) in [6.45, 7) is 1.46. The molecule has 3 aromatic rings. The molecule has 134 valence electrons. The fraction of sp³-hybridized carbons (Fsp3) is 0.211. The Bertz CT molecular complexity index is 924. The van der Waals surface area contributed by atoms with Crippen LogP contribution >= 0.6 is 0 Å². The third-order valence-electron chi connectivity index (χ3n) is 4.18. The molecular weight excluding hydrogens is 332 g/mol. The number of methoxy groups -OCH3 is 1. The molecule has 2 heterocycles. The molecule has 0 aliphatic carbocycles. The Morgan fingerprint density at radius 3 is 2.54 bits per heavy atom. The minimum Gasteiger partial charge on any atom is -0.497 e. The first-order chi connectivity index (χ1) is 12.5. The van der Waals surface area contributed by atoms with Crippen molar-refractivity contribution in [1.82, 2.24) is 19.9 Å². The van der Waals surface area contributed by atoms with Crippen molar-refractivity contribution in [3.63, 3.8) is 0 Å². The summed E-state index contributed by atoms with van der Waals surface area (Å²) in [6, 6.07) is 8.53. The highest BCUT2D eigenvalue weighted by Crippen LogP contribution is 2.23. The van der Waals surface area contributed by atoms with E-state index in [-0.39, 0.29) is 11.7 Å². The van der Waals surface area contributed by atoms with Gasteiger partial charge in [-0.25, -0.2) is 4.98 Å². The molecule has 0 saturated carbocycles. The third kappa shape index (κ3) is 3.51. The van der Waals surface area contributed by atoms with Gasteiger partial charge < -0.3 is 19.6 Å². The van der Waals surface area contributed by atoms with Crippen molar-refractivity contribution < 1.29 is 14.3 Å². The van der Waals surface area contributed by atoms with E-state index in [0.717, 1.165) is 11.3 Å². The van der Waals surface area contributed by atoms with E-state index in [2.05, 4.69) is 15.3 Å². The number of benzene rings is 1. The Morgan fingerprint density at radius 1 is 1.27 bits per heavy atom. The number of hydrogen-bond acceptors (Lipinski definition) is 4. The smallest absolute Gasteiger partial charge is 0.268 e. The van der Waals surface area contributed by atoms with E-state index >= 15 is 0 Å². The van der Waals surface area contributed by atoms with Crippen LogP contribution in [-0.4, -0.2) is 33.3 Å². The number of aromatic nitrogens is 3. The molecule has 0 aliphatic heterocycles. The lowest BCUT2D eigenvalue weighted by atomic mass is 10.1. The van der Waals surface area contributed by atoms with Crippen LogP contribution in [0.5, 0.6) is 5.75 Å². The highest BCUT2D eigenvalue weighted by Gasteiger charge is 2.22. The van der Waals surface area contributed by atoms with Crippen molar-refractivity contribution in [3.05, 3.63) is 71.6 Å². The van der Waals surface area contributed by atoms with Gasteiger partial charge >= 0.3 is 0 Å². The summed E-state index contributed by atoms with van der Waals surface area (Å²) in [5.74, 6) is 1.01. The number of hydrogen-bond donors (Lipinski definition) is 2. The van der Waals surface area contributed by atoms with Crippen LogP contribution < -0.4 is 10.1 Å². The first-order valence-corrected chi connectivity index (χ1v) is 8.11. The van der Waals surface area contributed by atoms with Gasteiger partial charge in [0, 0.05) is 31.2 Å². The zero-order chi connectivity index (χ0) is 18.7. The lowest BCUT2D eigenvalue weighted by Gasteiger charge is -2.19. The summed E-state index contributed by atoms with van der Waals surface area (Å²) in [5.41, 5.74) is 1.66. The van der Waals surface area contributed by atoms with Gasteiger partial charge in [-0.3, -0.25) is 9.59 Å². The van der Waals surface area contributed by atoms with E-state index in [9.17, 15) is 9.59 Å². The van der Waals surface area contributed by atoms with Crippen molar-refractivity contribution in [2.75, 3.05) is 7.11 Å². The standard InChI is InChI=1S/C19H20N4O3/c1-12(24)14-10-16(21-11-14)19(25)22-17(18-20-8-9-23(18)2)13-4-6-15(26-3)7-5-13/h4-11,17,21H,1-3H3,(H,22,25). The minimum absolute atomic E-state index is 0.101. The molecule has 0 spiro atoms. The lowest BCUT2D eigenvalue weighted by molar-refractivity contribution is 0.0936. The average Bonchev–Trinajstić information content (AvgIpc) is 3.29. The Morgan fingerprint density at radius 2 is 2.00 bits per heavy atom. The lowest BCUT2D eigenvalue weighted by Crippen LogP contribution is -2.31. The second-order valence-electron chi connectivity index (χ2n) is 5.93. The van der Waals surface area contributed by atoms with Crippen molar-refractivity contribution >= 4 is 11.7 Å². The van der Waals surface area contributed by atoms with Crippen LogP contribution in [-0.2, 0) is 7.05 Å². The second kappa shape index (κ2) is 7.26. The van der Waals surface area contributed by atoms with Crippen LogP contribution in [0.1, 0.15) is 45.2 Å². The van der Waals surface area contributed by atoms with Gasteiger partial charge in [-0.15, -0.1) is 0 Å². The van der Waals surface area contributed by atoms with Gasteiger partial charge in [0.2, 0.25) is 0 Å². The molecular formula is C19H20N4O3. The summed E-state index contributed by atoms with van der Waals surface area (Å²) in [7, 11) is 3.47. The molecule has 2 N–H and O–H groups in total. The van der Waals surface area contributed by atoms with Gasteiger partial charge in [0.25, 0.3) is 5.91 Å². The Kier molecular flexibility index (Phi) is 4.88. The molecule has 0 fully saturated rings. The molecule has 1 aromatic carbocycles. The number of aromatic amines is 1. The van der Waals surface area contributed by atoms with Crippen LogP contribution in [0.25, 0.3) is 0 Å². The number of carbonyl (C=O) groups is 2. The van der Waals surface area contributed by atoms with E-state index in [1.807, 2.05) is 42.1 Å². The van der Waals surface area contributed by atoms with Gasteiger partial charge in [0.15, 0.2) is 5.78 Å². The summed E-state index contributed by atoms with van der Waals surface area (Å²) >= 11 is 0. The predicted molar refractivity (Wildman–Crippen MR) is 96.3 cm³/mol. The fourth-order valence-corrected chi connectivity index (χ4v) is 2.69. The van der Waals surface area contributed by atoms with Crippen molar-refractivity contribution in [2.45, 2.75) is 13.0 Å². The van der Waals surface area contributed by atoms with E-state index in [1.165, 1.54) is 13.1 Å². The molecule has 7 nitrogen and oxygen atoms in total. The molecule has 7 heteroatoms. The maximum atomic E-state index is 12.7. The van der Waals surface area contributed by atoms with Crippen molar-refractivity contribution in [1.29, 1.82) is 0 Å². The normalized spacial score (nSPS) is 11.8. The number of amides is 1. The van der Waals surface area contributed by atoms with E-state index in [0.29, 0.717) is 17.1 Å². The number of nitrogens with zero attached hydrogens (tertiary/aromatic N) is 2. The van der Waals surface area contributed by atoms with Gasteiger partial charge in [-0.1, -0.05) is 12.1 Å². The minimum atomic E-state index is -0.447.